The number of aryl methyl sites for hydroxylation is 1. The van der Waals surface area contributed by atoms with Crippen molar-refractivity contribution in [1.29, 1.82) is 0 Å². The summed E-state index contributed by atoms with van der Waals surface area (Å²) >= 11 is 1.58. The number of furan rings is 1. The van der Waals surface area contributed by atoms with Crippen LogP contribution in [0.5, 0.6) is 0 Å². The fourth-order valence-electron chi connectivity index (χ4n) is 2.42. The van der Waals surface area contributed by atoms with Crippen molar-refractivity contribution < 1.29 is 8.94 Å². The molecule has 4 rings (SSSR count). The van der Waals surface area contributed by atoms with Gasteiger partial charge in [-0.25, -0.2) is 0 Å². The topological polar surface area (TPSA) is 82.8 Å². The molecule has 1 fully saturated rings. The summed E-state index contributed by atoms with van der Waals surface area (Å²) in [4.78, 5) is 4.29. The Balaban J connectivity index is 1.60. The van der Waals surface area contributed by atoms with Gasteiger partial charge in [0.2, 0.25) is 5.89 Å². The highest BCUT2D eigenvalue weighted by Crippen LogP contribution is 2.41. The van der Waals surface area contributed by atoms with Gasteiger partial charge < -0.3 is 8.94 Å². The highest BCUT2D eigenvalue weighted by Gasteiger charge is 2.31. The third kappa shape index (κ3) is 3.03. The van der Waals surface area contributed by atoms with Gasteiger partial charge in [0.25, 0.3) is 0 Å². The van der Waals surface area contributed by atoms with Crippen LogP contribution in [-0.2, 0) is 6.54 Å². The molecule has 120 valence electrons. The first-order chi connectivity index (χ1) is 11.2. The van der Waals surface area contributed by atoms with Crippen LogP contribution in [0.3, 0.4) is 0 Å². The van der Waals surface area contributed by atoms with Gasteiger partial charge in [0.1, 0.15) is 11.6 Å². The Morgan fingerprint density at radius 3 is 2.91 bits per heavy atom. The Bertz CT molecular complexity index is 791. The molecule has 3 aromatic rings. The van der Waals surface area contributed by atoms with Crippen molar-refractivity contribution in [2.75, 3.05) is 0 Å². The molecule has 0 N–H and O–H groups in total. The second kappa shape index (κ2) is 5.84. The molecule has 1 atom stereocenters. The molecule has 0 radical (unpaired) electrons. The molecular weight excluding hydrogens is 314 g/mol. The normalized spacial score (nSPS) is 15.9. The molecule has 3 heterocycles. The zero-order chi connectivity index (χ0) is 15.8. The predicted octanol–water partition coefficient (Wildman–Crippen LogP) is 3.34. The summed E-state index contributed by atoms with van der Waals surface area (Å²) in [6.07, 6.45) is 4.05. The van der Waals surface area contributed by atoms with Crippen LogP contribution in [-0.4, -0.2) is 24.9 Å². The molecule has 1 aliphatic carbocycles. The van der Waals surface area contributed by atoms with Crippen molar-refractivity contribution in [3.8, 4) is 0 Å². The highest BCUT2D eigenvalue weighted by molar-refractivity contribution is 7.99. The van der Waals surface area contributed by atoms with Crippen molar-refractivity contribution in [2.45, 2.75) is 49.6 Å². The van der Waals surface area contributed by atoms with E-state index in [4.69, 9.17) is 8.94 Å². The largest absolute Gasteiger partial charge is 0.467 e. The molecule has 23 heavy (non-hydrogen) atoms. The van der Waals surface area contributed by atoms with Gasteiger partial charge in [-0.15, -0.1) is 10.2 Å². The minimum absolute atomic E-state index is 0.0165. The van der Waals surface area contributed by atoms with E-state index in [-0.39, 0.29) is 5.25 Å². The Hall–Kier alpha value is -2.09. The summed E-state index contributed by atoms with van der Waals surface area (Å²) < 4.78 is 12.9. The minimum atomic E-state index is 0.0165. The number of hydrogen-bond acceptors (Lipinski definition) is 7. The Kier molecular flexibility index (Phi) is 3.68. The van der Waals surface area contributed by atoms with Gasteiger partial charge in [0.15, 0.2) is 11.0 Å². The van der Waals surface area contributed by atoms with E-state index in [1.807, 2.05) is 26.0 Å². The molecule has 1 unspecified atom stereocenters. The lowest BCUT2D eigenvalue weighted by atomic mass is 10.3. The van der Waals surface area contributed by atoms with E-state index in [0.29, 0.717) is 24.2 Å². The number of aromatic nitrogens is 5. The summed E-state index contributed by atoms with van der Waals surface area (Å²) in [6, 6.07) is 3.86. The fraction of sp³-hybridized carbons (Fsp3) is 0.467. The summed E-state index contributed by atoms with van der Waals surface area (Å²) in [5.41, 5.74) is 0. The second-order valence-corrected chi connectivity index (χ2v) is 7.03. The van der Waals surface area contributed by atoms with Crippen LogP contribution in [0.1, 0.15) is 54.2 Å². The molecule has 0 bridgehead atoms. The van der Waals surface area contributed by atoms with Crippen LogP contribution in [0.4, 0.5) is 0 Å². The van der Waals surface area contributed by atoms with Crippen LogP contribution >= 0.6 is 11.8 Å². The van der Waals surface area contributed by atoms with Gasteiger partial charge in [-0.2, -0.15) is 4.98 Å². The van der Waals surface area contributed by atoms with Crippen molar-refractivity contribution in [3.63, 3.8) is 0 Å². The van der Waals surface area contributed by atoms with E-state index in [9.17, 15) is 0 Å². The Labute approximate surface area is 137 Å². The van der Waals surface area contributed by atoms with Crippen LogP contribution in [0.25, 0.3) is 0 Å². The lowest BCUT2D eigenvalue weighted by Crippen LogP contribution is -2.06. The van der Waals surface area contributed by atoms with Crippen LogP contribution in [0, 0.1) is 6.92 Å². The van der Waals surface area contributed by atoms with Gasteiger partial charge >= 0.3 is 0 Å². The number of rotatable bonds is 6. The molecule has 0 aromatic carbocycles. The molecule has 0 saturated heterocycles. The standard InChI is InChI=1S/C15H17N5O2S/c1-9(14-16-10(2)19-22-14)23-15-18-17-13(11-5-6-11)20(15)8-12-4-3-7-21-12/h3-4,7,9,11H,5-6,8H2,1-2H3. The maximum Gasteiger partial charge on any atom is 0.239 e. The second-order valence-electron chi connectivity index (χ2n) is 5.72. The molecule has 8 heteroatoms. The van der Waals surface area contributed by atoms with E-state index in [0.717, 1.165) is 16.7 Å². The summed E-state index contributed by atoms with van der Waals surface area (Å²) in [5.74, 6) is 3.71. The zero-order valence-electron chi connectivity index (χ0n) is 13.0. The van der Waals surface area contributed by atoms with E-state index in [1.165, 1.54) is 12.8 Å². The highest BCUT2D eigenvalue weighted by atomic mass is 32.2. The number of nitrogens with zero attached hydrogens (tertiary/aromatic N) is 5. The molecule has 1 aliphatic rings. The van der Waals surface area contributed by atoms with Crippen LogP contribution in [0.2, 0.25) is 0 Å². The summed E-state index contributed by atoms with van der Waals surface area (Å²) in [6.45, 7) is 4.49. The maximum absolute atomic E-state index is 5.48. The number of hydrogen-bond donors (Lipinski definition) is 0. The van der Waals surface area contributed by atoms with Crippen molar-refractivity contribution in [2.24, 2.45) is 0 Å². The smallest absolute Gasteiger partial charge is 0.239 e. The van der Waals surface area contributed by atoms with Gasteiger partial charge in [-0.05, 0) is 38.8 Å². The lowest BCUT2D eigenvalue weighted by molar-refractivity contribution is 0.376. The summed E-state index contributed by atoms with van der Waals surface area (Å²) in [5, 5.41) is 13.5. The molecule has 3 aromatic heterocycles. The Morgan fingerprint density at radius 2 is 2.26 bits per heavy atom. The summed E-state index contributed by atoms with van der Waals surface area (Å²) in [7, 11) is 0. The van der Waals surface area contributed by atoms with Crippen LogP contribution in [0.15, 0.2) is 32.5 Å². The van der Waals surface area contributed by atoms with Gasteiger partial charge in [-0.3, -0.25) is 4.57 Å². The van der Waals surface area contributed by atoms with Crippen LogP contribution < -0.4 is 0 Å². The van der Waals surface area contributed by atoms with Crippen molar-refractivity contribution in [3.05, 3.63) is 41.7 Å². The average Bonchev–Trinajstić information content (AvgIpc) is 2.93. The third-order valence-corrected chi connectivity index (χ3v) is 4.82. The number of thioether (sulfide) groups is 1. The van der Waals surface area contributed by atoms with E-state index in [2.05, 4.69) is 24.9 Å². The molecular formula is C15H17N5O2S. The third-order valence-electron chi connectivity index (χ3n) is 3.76. The molecule has 7 nitrogen and oxygen atoms in total. The van der Waals surface area contributed by atoms with Crippen molar-refractivity contribution >= 4 is 11.8 Å². The average molecular weight is 331 g/mol. The quantitative estimate of drug-likeness (QED) is 0.640. The van der Waals surface area contributed by atoms with Gasteiger partial charge in [0.05, 0.1) is 18.1 Å². The van der Waals surface area contributed by atoms with E-state index >= 15 is 0 Å². The van der Waals surface area contributed by atoms with E-state index < -0.39 is 0 Å². The SMILES string of the molecule is Cc1noc(C(C)Sc2nnc(C3CC3)n2Cc2ccco2)n1. The molecule has 0 amide bonds. The van der Waals surface area contributed by atoms with Crippen molar-refractivity contribution in [1.82, 2.24) is 24.9 Å². The van der Waals surface area contributed by atoms with E-state index in [1.54, 1.807) is 18.0 Å². The predicted molar refractivity (Wildman–Crippen MR) is 83.1 cm³/mol. The first-order valence-electron chi connectivity index (χ1n) is 7.63. The first-order valence-corrected chi connectivity index (χ1v) is 8.51. The zero-order valence-corrected chi connectivity index (χ0v) is 13.8. The minimum Gasteiger partial charge on any atom is -0.467 e. The maximum atomic E-state index is 5.48. The molecule has 1 saturated carbocycles. The fourth-order valence-corrected chi connectivity index (χ4v) is 3.31. The molecule has 0 spiro atoms. The Morgan fingerprint density at radius 1 is 1.39 bits per heavy atom. The van der Waals surface area contributed by atoms with Gasteiger partial charge in [0, 0.05) is 5.92 Å². The first kappa shape index (κ1) is 14.5. The lowest BCUT2D eigenvalue weighted by Gasteiger charge is -2.10. The van der Waals surface area contributed by atoms with Gasteiger partial charge in [-0.1, -0.05) is 16.9 Å². The molecule has 0 aliphatic heterocycles. The monoisotopic (exact) mass is 331 g/mol.